The van der Waals surface area contributed by atoms with E-state index in [4.69, 9.17) is 0 Å². The highest BCUT2D eigenvalue weighted by Crippen LogP contribution is 2.26. The van der Waals surface area contributed by atoms with E-state index in [0.29, 0.717) is 0 Å². The van der Waals surface area contributed by atoms with Gasteiger partial charge in [0.25, 0.3) is 5.56 Å². The molecule has 1 rings (SSSR count). The van der Waals surface area contributed by atoms with Crippen LogP contribution in [-0.2, 0) is 16.6 Å². The van der Waals surface area contributed by atoms with Crippen LogP contribution in [0.4, 0.5) is 0 Å². The molecule has 0 bridgehead atoms. The summed E-state index contributed by atoms with van der Waals surface area (Å²) in [5.74, 6) is -0.508. The second kappa shape index (κ2) is 4.50. The molecule has 1 N–H and O–H groups in total. The molecule has 0 radical (unpaired) electrons. The van der Waals surface area contributed by atoms with Crippen molar-refractivity contribution in [3.63, 3.8) is 0 Å². The molecule has 0 saturated carbocycles. The first kappa shape index (κ1) is 13.7. The van der Waals surface area contributed by atoms with Crippen molar-refractivity contribution in [3.8, 4) is 5.88 Å². The van der Waals surface area contributed by atoms with E-state index in [1.54, 1.807) is 6.92 Å². The zero-order valence-electron chi connectivity index (χ0n) is 10.3. The Labute approximate surface area is 100 Å². The molecular formula is C10H16N2O4S. The highest BCUT2D eigenvalue weighted by Gasteiger charge is 2.26. The molecule has 0 aliphatic heterocycles. The number of aromatic nitrogens is 1. The Morgan fingerprint density at radius 3 is 2.35 bits per heavy atom. The number of rotatable bonds is 3. The van der Waals surface area contributed by atoms with Gasteiger partial charge in [0.2, 0.25) is 15.9 Å². The first-order valence-corrected chi connectivity index (χ1v) is 6.53. The van der Waals surface area contributed by atoms with Crippen molar-refractivity contribution in [1.82, 2.24) is 8.87 Å². The van der Waals surface area contributed by atoms with Crippen molar-refractivity contribution >= 4 is 10.0 Å². The van der Waals surface area contributed by atoms with Crippen LogP contribution in [0, 0.1) is 6.92 Å². The van der Waals surface area contributed by atoms with Crippen LogP contribution in [0.2, 0.25) is 0 Å². The van der Waals surface area contributed by atoms with E-state index in [0.717, 1.165) is 8.87 Å². The minimum absolute atomic E-state index is 0.209. The Morgan fingerprint density at radius 2 is 1.94 bits per heavy atom. The number of sulfonamides is 1. The van der Waals surface area contributed by atoms with Crippen molar-refractivity contribution in [2.75, 3.05) is 14.1 Å². The van der Waals surface area contributed by atoms with Crippen LogP contribution >= 0.6 is 0 Å². The standard InChI is InChI=1S/C10H16N2O4S/c1-5-12-8(13)6-7(2)9(10(12)14)17(15,16)11(3)4/h6,14H,5H2,1-4H3. The molecule has 1 aromatic rings. The molecule has 0 spiro atoms. The van der Waals surface area contributed by atoms with E-state index in [2.05, 4.69) is 0 Å². The van der Waals surface area contributed by atoms with Crippen LogP contribution in [0.5, 0.6) is 5.88 Å². The lowest BCUT2D eigenvalue weighted by Crippen LogP contribution is -2.27. The summed E-state index contributed by atoms with van der Waals surface area (Å²) < 4.78 is 26.0. The molecule has 96 valence electrons. The minimum Gasteiger partial charge on any atom is -0.493 e. The molecule has 1 aromatic heterocycles. The quantitative estimate of drug-likeness (QED) is 0.838. The maximum atomic E-state index is 12.0. The van der Waals surface area contributed by atoms with E-state index in [9.17, 15) is 18.3 Å². The Morgan fingerprint density at radius 1 is 1.41 bits per heavy atom. The summed E-state index contributed by atoms with van der Waals surface area (Å²) in [4.78, 5) is 11.3. The van der Waals surface area contributed by atoms with Gasteiger partial charge in [-0.1, -0.05) is 0 Å². The Bertz CT molecular complexity index is 587. The number of aromatic hydroxyl groups is 1. The fourth-order valence-electron chi connectivity index (χ4n) is 1.54. The average molecular weight is 260 g/mol. The molecule has 0 aliphatic rings. The van der Waals surface area contributed by atoms with Gasteiger partial charge in [0.15, 0.2) is 0 Å². The molecule has 0 aromatic carbocycles. The van der Waals surface area contributed by atoms with Gasteiger partial charge in [-0.15, -0.1) is 0 Å². The van der Waals surface area contributed by atoms with Gasteiger partial charge < -0.3 is 5.11 Å². The molecule has 6 nitrogen and oxygen atoms in total. The Hall–Kier alpha value is -1.34. The van der Waals surface area contributed by atoms with Crippen LogP contribution in [0.25, 0.3) is 0 Å². The summed E-state index contributed by atoms with van der Waals surface area (Å²) in [5.41, 5.74) is -0.175. The maximum absolute atomic E-state index is 12.0. The van der Waals surface area contributed by atoms with Crippen LogP contribution in [0.15, 0.2) is 15.8 Å². The van der Waals surface area contributed by atoms with Crippen LogP contribution in [-0.4, -0.2) is 36.5 Å². The molecule has 17 heavy (non-hydrogen) atoms. The Balaban J connectivity index is 3.73. The third-order valence-corrected chi connectivity index (χ3v) is 4.46. The summed E-state index contributed by atoms with van der Waals surface area (Å²) in [6.07, 6.45) is 0. The summed E-state index contributed by atoms with van der Waals surface area (Å²) in [5, 5.41) is 9.89. The van der Waals surface area contributed by atoms with Gasteiger partial charge in [0.05, 0.1) is 0 Å². The molecule has 0 amide bonds. The third-order valence-electron chi connectivity index (χ3n) is 2.48. The SMILES string of the molecule is CCn1c(O)c(S(=O)(=O)N(C)C)c(C)cc1=O. The zero-order valence-corrected chi connectivity index (χ0v) is 11.1. The maximum Gasteiger partial charge on any atom is 0.253 e. The predicted octanol–water partition coefficient (Wildman–Crippen LogP) is 0.133. The summed E-state index contributed by atoms with van der Waals surface area (Å²) in [7, 11) is -1.02. The van der Waals surface area contributed by atoms with Gasteiger partial charge >= 0.3 is 0 Å². The smallest absolute Gasteiger partial charge is 0.253 e. The highest BCUT2D eigenvalue weighted by molar-refractivity contribution is 7.89. The van der Waals surface area contributed by atoms with Crippen molar-refractivity contribution < 1.29 is 13.5 Å². The number of nitrogens with zero attached hydrogens (tertiary/aromatic N) is 2. The summed E-state index contributed by atoms with van der Waals surface area (Å²) >= 11 is 0. The lowest BCUT2D eigenvalue weighted by molar-refractivity contribution is 0.390. The lowest BCUT2D eigenvalue weighted by Gasteiger charge is -2.17. The minimum atomic E-state index is -3.76. The van der Waals surface area contributed by atoms with Crippen molar-refractivity contribution in [3.05, 3.63) is 22.0 Å². The average Bonchev–Trinajstić information content (AvgIpc) is 2.16. The van der Waals surface area contributed by atoms with Crippen LogP contribution < -0.4 is 5.56 Å². The fourth-order valence-corrected chi connectivity index (χ4v) is 2.71. The van der Waals surface area contributed by atoms with Gasteiger partial charge in [0, 0.05) is 26.7 Å². The summed E-state index contributed by atoms with van der Waals surface area (Å²) in [6, 6.07) is 1.21. The van der Waals surface area contributed by atoms with Crippen LogP contribution in [0.1, 0.15) is 12.5 Å². The number of hydrogen-bond acceptors (Lipinski definition) is 4. The van der Waals surface area contributed by atoms with Gasteiger partial charge in [-0.3, -0.25) is 9.36 Å². The van der Waals surface area contributed by atoms with Crippen molar-refractivity contribution in [2.45, 2.75) is 25.3 Å². The first-order valence-electron chi connectivity index (χ1n) is 5.09. The summed E-state index contributed by atoms with van der Waals surface area (Å²) in [6.45, 7) is 3.35. The molecule has 7 heteroatoms. The van der Waals surface area contributed by atoms with Crippen molar-refractivity contribution in [2.24, 2.45) is 0 Å². The lowest BCUT2D eigenvalue weighted by atomic mass is 10.3. The normalized spacial score (nSPS) is 12.1. The van der Waals surface area contributed by atoms with E-state index in [1.807, 2.05) is 0 Å². The van der Waals surface area contributed by atoms with Gasteiger partial charge in [-0.25, -0.2) is 12.7 Å². The molecule has 0 saturated heterocycles. The van der Waals surface area contributed by atoms with E-state index in [1.165, 1.54) is 27.1 Å². The molecule has 0 fully saturated rings. The monoisotopic (exact) mass is 260 g/mol. The number of aryl methyl sites for hydroxylation is 1. The molecule has 0 atom stereocenters. The molecule has 0 unspecified atom stereocenters. The molecule has 0 aliphatic carbocycles. The topological polar surface area (TPSA) is 79.6 Å². The second-order valence-electron chi connectivity index (χ2n) is 3.85. The molecule has 1 heterocycles. The Kier molecular flexibility index (Phi) is 3.63. The van der Waals surface area contributed by atoms with E-state index in [-0.39, 0.29) is 17.0 Å². The largest absolute Gasteiger partial charge is 0.493 e. The first-order chi connectivity index (χ1) is 7.73. The number of hydrogen-bond donors (Lipinski definition) is 1. The zero-order chi connectivity index (χ0) is 13.4. The molecular weight excluding hydrogens is 244 g/mol. The number of pyridine rings is 1. The van der Waals surface area contributed by atoms with Gasteiger partial charge in [-0.05, 0) is 19.4 Å². The van der Waals surface area contributed by atoms with E-state index < -0.39 is 21.5 Å². The van der Waals surface area contributed by atoms with Crippen LogP contribution in [0.3, 0.4) is 0 Å². The van der Waals surface area contributed by atoms with Gasteiger partial charge in [0.1, 0.15) is 4.90 Å². The predicted molar refractivity (Wildman–Crippen MR) is 63.7 cm³/mol. The van der Waals surface area contributed by atoms with Crippen molar-refractivity contribution in [1.29, 1.82) is 0 Å². The van der Waals surface area contributed by atoms with E-state index >= 15 is 0 Å². The fraction of sp³-hybridized carbons (Fsp3) is 0.500. The highest BCUT2D eigenvalue weighted by atomic mass is 32.2. The second-order valence-corrected chi connectivity index (χ2v) is 5.94. The third kappa shape index (κ3) is 2.20. The van der Waals surface area contributed by atoms with Gasteiger partial charge in [-0.2, -0.15) is 0 Å².